The van der Waals surface area contributed by atoms with E-state index in [-0.39, 0.29) is 11.5 Å². The van der Waals surface area contributed by atoms with Crippen LogP contribution in [0.3, 0.4) is 0 Å². The SMILES string of the molecule is CC1(C)[C@H](C(=O)OCc2c(F)c(F)c(F)c(-c3ccccc3)c2F)[C@@H]1C=C(Br)Br. The molecule has 0 spiro atoms. The number of benzene rings is 2. The third-order valence-corrected chi connectivity index (χ3v) is 5.77. The number of halogens is 6. The van der Waals surface area contributed by atoms with Crippen molar-refractivity contribution in [2.45, 2.75) is 20.5 Å². The van der Waals surface area contributed by atoms with Crippen molar-refractivity contribution in [3.63, 3.8) is 0 Å². The molecule has 2 aromatic carbocycles. The molecule has 0 unspecified atom stereocenters. The molecule has 0 bridgehead atoms. The second-order valence-corrected chi connectivity index (χ2v) is 10.1. The van der Waals surface area contributed by atoms with Crippen molar-refractivity contribution in [2.24, 2.45) is 17.3 Å². The molecular weight excluding hydrogens is 520 g/mol. The van der Waals surface area contributed by atoms with Gasteiger partial charge in [-0.3, -0.25) is 4.79 Å². The average molecular weight is 536 g/mol. The Bertz CT molecular complexity index is 986. The molecule has 0 heterocycles. The van der Waals surface area contributed by atoms with Crippen molar-refractivity contribution in [2.75, 3.05) is 0 Å². The summed E-state index contributed by atoms with van der Waals surface area (Å²) in [6, 6.07) is 7.39. The van der Waals surface area contributed by atoms with Gasteiger partial charge in [-0.2, -0.15) is 0 Å². The van der Waals surface area contributed by atoms with Gasteiger partial charge in [0.1, 0.15) is 12.4 Å². The highest BCUT2D eigenvalue weighted by Crippen LogP contribution is 2.60. The molecule has 3 rings (SSSR count). The number of ether oxygens (including phenoxy) is 1. The van der Waals surface area contributed by atoms with E-state index in [9.17, 15) is 22.4 Å². The van der Waals surface area contributed by atoms with Crippen molar-refractivity contribution in [1.82, 2.24) is 0 Å². The topological polar surface area (TPSA) is 26.3 Å². The number of carbonyl (C=O) groups excluding carboxylic acids is 1. The Balaban J connectivity index is 1.88. The van der Waals surface area contributed by atoms with Gasteiger partial charge in [-0.05, 0) is 48.8 Å². The van der Waals surface area contributed by atoms with Crippen LogP contribution in [0.15, 0.2) is 39.8 Å². The zero-order chi connectivity index (χ0) is 21.5. The fourth-order valence-corrected chi connectivity index (χ4v) is 4.04. The smallest absolute Gasteiger partial charge is 0.310 e. The maximum Gasteiger partial charge on any atom is 0.310 e. The molecule has 2 aromatic rings. The maximum absolute atomic E-state index is 14.9. The first-order valence-corrected chi connectivity index (χ1v) is 10.3. The Hall–Kier alpha value is -1.67. The van der Waals surface area contributed by atoms with Gasteiger partial charge in [-0.25, -0.2) is 17.6 Å². The van der Waals surface area contributed by atoms with Gasteiger partial charge in [0.25, 0.3) is 0 Å². The van der Waals surface area contributed by atoms with E-state index in [1.165, 1.54) is 24.3 Å². The number of carbonyl (C=O) groups is 1. The molecule has 0 radical (unpaired) electrons. The summed E-state index contributed by atoms with van der Waals surface area (Å²) in [7, 11) is 0. The summed E-state index contributed by atoms with van der Waals surface area (Å²) in [5, 5.41) is 0. The van der Waals surface area contributed by atoms with E-state index in [0.717, 1.165) is 0 Å². The summed E-state index contributed by atoms with van der Waals surface area (Å²) < 4.78 is 63.1. The minimum atomic E-state index is -1.81. The first-order valence-electron chi connectivity index (χ1n) is 8.67. The number of hydrogen-bond acceptors (Lipinski definition) is 2. The Morgan fingerprint density at radius 2 is 1.66 bits per heavy atom. The van der Waals surface area contributed by atoms with Crippen LogP contribution in [-0.2, 0) is 16.1 Å². The van der Waals surface area contributed by atoms with Crippen LogP contribution in [0.2, 0.25) is 0 Å². The van der Waals surface area contributed by atoms with E-state index in [4.69, 9.17) is 4.74 Å². The Morgan fingerprint density at radius 1 is 1.03 bits per heavy atom. The predicted molar refractivity (Wildman–Crippen MR) is 108 cm³/mol. The summed E-state index contributed by atoms with van der Waals surface area (Å²) in [4.78, 5) is 12.4. The molecule has 1 fully saturated rings. The van der Waals surface area contributed by atoms with E-state index in [1.54, 1.807) is 12.1 Å². The molecule has 0 saturated heterocycles. The van der Waals surface area contributed by atoms with E-state index in [2.05, 4.69) is 31.9 Å². The molecule has 0 aromatic heterocycles. The van der Waals surface area contributed by atoms with Gasteiger partial charge in [-0.1, -0.05) is 50.3 Å². The van der Waals surface area contributed by atoms with Gasteiger partial charge in [0.15, 0.2) is 17.5 Å². The predicted octanol–water partition coefficient (Wildman–Crippen LogP) is 6.86. The molecule has 1 aliphatic carbocycles. The molecule has 1 saturated carbocycles. The second kappa shape index (κ2) is 8.22. The summed E-state index contributed by atoms with van der Waals surface area (Å²) in [6.07, 6.45) is 1.79. The van der Waals surface area contributed by atoms with Crippen LogP contribution in [-0.4, -0.2) is 5.97 Å². The van der Waals surface area contributed by atoms with E-state index in [0.29, 0.717) is 3.39 Å². The normalized spacial score (nSPS) is 19.6. The van der Waals surface area contributed by atoms with Crippen LogP contribution < -0.4 is 0 Å². The van der Waals surface area contributed by atoms with E-state index >= 15 is 0 Å². The van der Waals surface area contributed by atoms with E-state index < -0.39 is 58.3 Å². The largest absolute Gasteiger partial charge is 0.460 e. The fourth-order valence-electron chi connectivity index (χ4n) is 3.47. The van der Waals surface area contributed by atoms with Crippen LogP contribution in [0.5, 0.6) is 0 Å². The summed E-state index contributed by atoms with van der Waals surface area (Å²) in [5.74, 6) is -7.76. The lowest BCUT2D eigenvalue weighted by Crippen LogP contribution is -2.14. The van der Waals surface area contributed by atoms with Gasteiger partial charge < -0.3 is 4.74 Å². The maximum atomic E-state index is 14.9. The molecule has 154 valence electrons. The Morgan fingerprint density at radius 3 is 2.24 bits per heavy atom. The molecule has 29 heavy (non-hydrogen) atoms. The lowest BCUT2D eigenvalue weighted by molar-refractivity contribution is -0.147. The zero-order valence-electron chi connectivity index (χ0n) is 15.4. The van der Waals surface area contributed by atoms with Crippen LogP contribution in [0.25, 0.3) is 11.1 Å². The molecular formula is C21H16Br2F4O2. The standard InChI is InChI=1S/C21H16Br2F4O2/c1-21(2)12(8-13(22)23)15(21)20(28)29-9-11-16(24)14(10-6-4-3-5-7-10)18(26)19(27)17(11)25/h3-8,12,15H,9H2,1-2H3/t12-,15-/m0/s1. The first-order chi connectivity index (χ1) is 13.6. The lowest BCUT2D eigenvalue weighted by Gasteiger charge is -2.13. The van der Waals surface area contributed by atoms with Crippen LogP contribution in [0.4, 0.5) is 17.6 Å². The molecule has 8 heteroatoms. The number of hydrogen-bond donors (Lipinski definition) is 0. The van der Waals surface area contributed by atoms with Crippen molar-refractivity contribution in [3.8, 4) is 11.1 Å². The van der Waals surface area contributed by atoms with Gasteiger partial charge in [0.2, 0.25) is 0 Å². The van der Waals surface area contributed by atoms with E-state index in [1.807, 2.05) is 13.8 Å². The highest BCUT2D eigenvalue weighted by molar-refractivity contribution is 9.28. The van der Waals surface area contributed by atoms with Crippen molar-refractivity contribution < 1.29 is 27.1 Å². The third kappa shape index (κ3) is 4.14. The molecule has 2 nitrogen and oxygen atoms in total. The number of esters is 1. The molecule has 0 aliphatic heterocycles. The minimum Gasteiger partial charge on any atom is -0.460 e. The summed E-state index contributed by atoms with van der Waals surface area (Å²) >= 11 is 6.46. The van der Waals surface area contributed by atoms with Gasteiger partial charge in [-0.15, -0.1) is 0 Å². The van der Waals surface area contributed by atoms with Crippen molar-refractivity contribution in [3.05, 3.63) is 68.6 Å². The molecule has 2 atom stereocenters. The van der Waals surface area contributed by atoms with Crippen molar-refractivity contribution >= 4 is 37.8 Å². The third-order valence-electron chi connectivity index (χ3n) is 5.25. The first kappa shape index (κ1) is 22.0. The quantitative estimate of drug-likeness (QED) is 0.181. The lowest BCUT2D eigenvalue weighted by atomic mass is 10.0. The van der Waals surface area contributed by atoms with Crippen molar-refractivity contribution in [1.29, 1.82) is 0 Å². The number of rotatable bonds is 5. The fraction of sp³-hybridized carbons (Fsp3) is 0.286. The van der Waals surface area contributed by atoms with Gasteiger partial charge >= 0.3 is 5.97 Å². The van der Waals surface area contributed by atoms with Crippen LogP contribution in [0.1, 0.15) is 19.4 Å². The average Bonchev–Trinajstić information content (AvgIpc) is 3.20. The summed E-state index contributed by atoms with van der Waals surface area (Å²) in [6.45, 7) is 2.87. The number of allylic oxidation sites excluding steroid dienone is 1. The highest BCUT2D eigenvalue weighted by Gasteiger charge is 2.61. The summed E-state index contributed by atoms with van der Waals surface area (Å²) in [5.41, 5.74) is -1.89. The molecule has 1 aliphatic rings. The molecule has 0 N–H and O–H groups in total. The van der Waals surface area contributed by atoms with Gasteiger partial charge in [0.05, 0.1) is 20.4 Å². The van der Waals surface area contributed by atoms with Crippen LogP contribution >= 0.6 is 31.9 Å². The zero-order valence-corrected chi connectivity index (χ0v) is 18.6. The highest BCUT2D eigenvalue weighted by atomic mass is 79.9. The van der Waals surface area contributed by atoms with Gasteiger partial charge in [0, 0.05) is 0 Å². The molecule has 0 amide bonds. The van der Waals surface area contributed by atoms with Crippen LogP contribution in [0, 0.1) is 40.5 Å². The Kier molecular flexibility index (Phi) is 6.24. The minimum absolute atomic E-state index is 0.0460. The monoisotopic (exact) mass is 534 g/mol. The Labute approximate surface area is 182 Å². The second-order valence-electron chi connectivity index (χ2n) is 7.36.